The van der Waals surface area contributed by atoms with Gasteiger partial charge in [0.1, 0.15) is 10.5 Å². The molecule has 0 spiro atoms. The van der Waals surface area contributed by atoms with E-state index < -0.39 is 6.10 Å². The second kappa shape index (κ2) is 9.01. The van der Waals surface area contributed by atoms with Crippen LogP contribution in [-0.4, -0.2) is 42.6 Å². The second-order valence-electron chi connectivity index (χ2n) is 6.61. The zero-order valence-corrected chi connectivity index (χ0v) is 17.6. The maximum atomic E-state index is 12.1. The van der Waals surface area contributed by atoms with Crippen molar-refractivity contribution in [1.82, 2.24) is 9.88 Å². The van der Waals surface area contributed by atoms with Crippen LogP contribution in [0.2, 0.25) is 0 Å². The number of ether oxygens (including phenoxy) is 2. The van der Waals surface area contributed by atoms with Gasteiger partial charge in [-0.3, -0.25) is 4.79 Å². The lowest BCUT2D eigenvalue weighted by atomic mass is 10.2. The number of benzene rings is 2. The molecule has 152 valence electrons. The molecule has 0 aliphatic rings. The quantitative estimate of drug-likeness (QED) is 0.554. The smallest absolute Gasteiger partial charge is 0.262 e. The highest BCUT2D eigenvalue weighted by atomic mass is 35.5. The number of aromatic nitrogens is 1. The summed E-state index contributed by atoms with van der Waals surface area (Å²) in [4.78, 5) is 18.0. The Morgan fingerprint density at radius 3 is 2.69 bits per heavy atom. The fourth-order valence-corrected chi connectivity index (χ4v) is 2.97. The summed E-state index contributed by atoms with van der Waals surface area (Å²) in [6.07, 6.45) is 1.11. The van der Waals surface area contributed by atoms with Gasteiger partial charge < -0.3 is 18.8 Å². The van der Waals surface area contributed by atoms with Gasteiger partial charge in [-0.1, -0.05) is 29.8 Å². The highest BCUT2D eigenvalue weighted by Gasteiger charge is 2.19. The third-order valence-corrected chi connectivity index (χ3v) is 4.42. The zero-order chi connectivity index (χ0) is 21.0. The SMILES string of the molecule is CCOc1cc(/C=C(\Cl)c2nc3ccccc3o2)ccc1O[C@H](C)C(=O)N(C)C. The Morgan fingerprint density at radius 1 is 1.24 bits per heavy atom. The molecule has 2 aromatic carbocycles. The van der Waals surface area contributed by atoms with Crippen LogP contribution in [0.25, 0.3) is 22.2 Å². The molecule has 0 radical (unpaired) electrons. The molecule has 1 aromatic heterocycles. The van der Waals surface area contributed by atoms with E-state index in [9.17, 15) is 4.79 Å². The molecule has 1 atom stereocenters. The van der Waals surface area contributed by atoms with Crippen molar-refractivity contribution in [2.24, 2.45) is 0 Å². The Bertz CT molecular complexity index is 1010. The van der Waals surface area contributed by atoms with Crippen molar-refractivity contribution < 1.29 is 18.7 Å². The molecule has 0 saturated heterocycles. The van der Waals surface area contributed by atoms with E-state index in [1.165, 1.54) is 4.90 Å². The number of fused-ring (bicyclic) bond motifs is 1. The molecule has 0 aliphatic carbocycles. The van der Waals surface area contributed by atoms with Gasteiger partial charge in [-0.05, 0) is 49.8 Å². The molecule has 7 heteroatoms. The van der Waals surface area contributed by atoms with Gasteiger partial charge >= 0.3 is 0 Å². The number of hydrogen-bond acceptors (Lipinski definition) is 5. The molecule has 0 bridgehead atoms. The zero-order valence-electron chi connectivity index (χ0n) is 16.8. The average molecular weight is 415 g/mol. The van der Waals surface area contributed by atoms with Crippen molar-refractivity contribution in [3.05, 3.63) is 53.9 Å². The number of nitrogens with zero attached hydrogens (tertiary/aromatic N) is 2. The molecular weight excluding hydrogens is 392 g/mol. The first-order chi connectivity index (χ1) is 13.9. The van der Waals surface area contributed by atoms with Crippen LogP contribution >= 0.6 is 11.6 Å². The standard InChI is InChI=1S/C22H23ClN2O4/c1-5-27-20-13-15(10-11-19(20)28-14(2)22(26)25(3)4)12-16(23)21-24-17-8-6-7-9-18(17)29-21/h6-14H,5H2,1-4H3/b16-12-/t14-/m1/s1. The van der Waals surface area contributed by atoms with Crippen molar-refractivity contribution in [3.8, 4) is 11.5 Å². The number of oxazole rings is 1. The van der Waals surface area contributed by atoms with Crippen LogP contribution in [0.4, 0.5) is 0 Å². The van der Waals surface area contributed by atoms with Crippen molar-refractivity contribution in [2.75, 3.05) is 20.7 Å². The number of hydrogen-bond donors (Lipinski definition) is 0. The summed E-state index contributed by atoms with van der Waals surface area (Å²) in [5.74, 6) is 1.23. The summed E-state index contributed by atoms with van der Waals surface area (Å²) < 4.78 is 17.2. The van der Waals surface area contributed by atoms with Gasteiger partial charge in [0.2, 0.25) is 5.89 Å². The molecule has 29 heavy (non-hydrogen) atoms. The molecule has 3 aromatic rings. The van der Waals surface area contributed by atoms with Crippen molar-refractivity contribution in [2.45, 2.75) is 20.0 Å². The number of halogens is 1. The Morgan fingerprint density at radius 2 is 2.00 bits per heavy atom. The summed E-state index contributed by atoms with van der Waals surface area (Å²) in [5.41, 5.74) is 2.21. The van der Waals surface area contributed by atoms with Crippen molar-refractivity contribution >= 4 is 39.7 Å². The molecular formula is C22H23ClN2O4. The number of rotatable bonds is 7. The van der Waals surface area contributed by atoms with Crippen LogP contribution in [0.5, 0.6) is 11.5 Å². The van der Waals surface area contributed by atoms with E-state index >= 15 is 0 Å². The number of para-hydroxylation sites is 2. The molecule has 0 aliphatic heterocycles. The summed E-state index contributed by atoms with van der Waals surface area (Å²) >= 11 is 6.42. The Balaban J connectivity index is 1.86. The van der Waals surface area contributed by atoms with E-state index in [0.29, 0.717) is 34.6 Å². The lowest BCUT2D eigenvalue weighted by molar-refractivity contribution is -0.135. The molecule has 0 N–H and O–H groups in total. The van der Waals surface area contributed by atoms with Crippen LogP contribution in [0, 0.1) is 0 Å². The van der Waals surface area contributed by atoms with E-state index in [4.69, 9.17) is 25.5 Å². The monoisotopic (exact) mass is 414 g/mol. The van der Waals surface area contributed by atoms with E-state index in [1.807, 2.05) is 37.3 Å². The number of amides is 1. The number of carbonyl (C=O) groups is 1. The molecule has 1 heterocycles. The van der Waals surface area contributed by atoms with Gasteiger partial charge in [-0.2, -0.15) is 0 Å². The van der Waals surface area contributed by atoms with E-state index in [2.05, 4.69) is 4.98 Å². The summed E-state index contributed by atoms with van der Waals surface area (Å²) in [6.45, 7) is 4.04. The van der Waals surface area contributed by atoms with Crippen LogP contribution in [-0.2, 0) is 4.79 Å². The van der Waals surface area contributed by atoms with Crippen LogP contribution in [0.1, 0.15) is 25.3 Å². The van der Waals surface area contributed by atoms with Gasteiger partial charge in [0.15, 0.2) is 23.2 Å². The minimum absolute atomic E-state index is 0.129. The largest absolute Gasteiger partial charge is 0.490 e. The summed E-state index contributed by atoms with van der Waals surface area (Å²) in [5, 5.41) is 0.369. The van der Waals surface area contributed by atoms with Crippen LogP contribution in [0.3, 0.4) is 0 Å². The van der Waals surface area contributed by atoms with Crippen molar-refractivity contribution in [1.29, 1.82) is 0 Å². The van der Waals surface area contributed by atoms with Crippen molar-refractivity contribution in [3.63, 3.8) is 0 Å². The highest BCUT2D eigenvalue weighted by Crippen LogP contribution is 2.32. The molecule has 0 saturated carbocycles. The first-order valence-corrected chi connectivity index (χ1v) is 9.64. The lowest BCUT2D eigenvalue weighted by Crippen LogP contribution is -2.35. The third kappa shape index (κ3) is 4.90. The van der Waals surface area contributed by atoms with E-state index in [0.717, 1.165) is 11.1 Å². The first kappa shape index (κ1) is 20.7. The van der Waals surface area contributed by atoms with E-state index in [-0.39, 0.29) is 5.91 Å². The van der Waals surface area contributed by atoms with Gasteiger partial charge in [0.25, 0.3) is 5.91 Å². The Labute approximate surface area is 174 Å². The third-order valence-electron chi connectivity index (χ3n) is 4.15. The van der Waals surface area contributed by atoms with Gasteiger partial charge in [0.05, 0.1) is 6.61 Å². The average Bonchev–Trinajstić information content (AvgIpc) is 3.14. The molecule has 6 nitrogen and oxygen atoms in total. The number of carbonyl (C=O) groups excluding carboxylic acids is 1. The molecule has 3 rings (SSSR count). The minimum atomic E-state index is -0.631. The van der Waals surface area contributed by atoms with Crippen LogP contribution < -0.4 is 9.47 Å². The Hall–Kier alpha value is -2.99. The number of likely N-dealkylation sites (N-methyl/N-ethyl adjacent to an activating group) is 1. The van der Waals surface area contributed by atoms with Crippen LogP contribution in [0.15, 0.2) is 46.9 Å². The minimum Gasteiger partial charge on any atom is -0.490 e. The fraction of sp³-hybridized carbons (Fsp3) is 0.273. The van der Waals surface area contributed by atoms with Gasteiger partial charge in [0, 0.05) is 14.1 Å². The Kier molecular flexibility index (Phi) is 6.44. The molecule has 0 unspecified atom stereocenters. The lowest BCUT2D eigenvalue weighted by Gasteiger charge is -2.20. The first-order valence-electron chi connectivity index (χ1n) is 9.27. The molecule has 1 amide bonds. The second-order valence-corrected chi connectivity index (χ2v) is 7.02. The predicted octanol–water partition coefficient (Wildman–Crippen LogP) is 4.82. The fourth-order valence-electron chi connectivity index (χ4n) is 2.77. The maximum Gasteiger partial charge on any atom is 0.262 e. The topological polar surface area (TPSA) is 64.8 Å². The summed E-state index contributed by atoms with van der Waals surface area (Å²) in [6, 6.07) is 12.9. The predicted molar refractivity (Wildman–Crippen MR) is 114 cm³/mol. The maximum absolute atomic E-state index is 12.1. The van der Waals surface area contributed by atoms with Gasteiger partial charge in [-0.15, -0.1) is 0 Å². The highest BCUT2D eigenvalue weighted by molar-refractivity contribution is 6.50. The normalized spacial score (nSPS) is 12.7. The van der Waals surface area contributed by atoms with Gasteiger partial charge in [-0.25, -0.2) is 4.98 Å². The van der Waals surface area contributed by atoms with E-state index in [1.54, 1.807) is 39.2 Å². The molecule has 0 fully saturated rings. The summed E-state index contributed by atoms with van der Waals surface area (Å²) in [7, 11) is 3.38.